The van der Waals surface area contributed by atoms with E-state index in [9.17, 15) is 9.90 Å². The van der Waals surface area contributed by atoms with Gasteiger partial charge in [-0.05, 0) is 43.4 Å². The summed E-state index contributed by atoms with van der Waals surface area (Å²) in [5, 5.41) is 13.3. The van der Waals surface area contributed by atoms with E-state index in [1.54, 1.807) is 0 Å². The molecule has 0 fully saturated rings. The minimum Gasteiger partial charge on any atom is -0.326 e. The Morgan fingerprint density at radius 1 is 1.00 bits per heavy atom. The number of amides is 1. The van der Waals surface area contributed by atoms with E-state index in [1.165, 1.54) is 5.56 Å². The van der Waals surface area contributed by atoms with Crippen LogP contribution in [0, 0.1) is 0 Å². The molecule has 0 aliphatic carbocycles. The molecule has 0 aliphatic rings. The highest BCUT2D eigenvalue weighted by atomic mass is 16.2. The van der Waals surface area contributed by atoms with Crippen LogP contribution >= 0.6 is 0 Å². The third-order valence-electron chi connectivity index (χ3n) is 3.35. The van der Waals surface area contributed by atoms with Gasteiger partial charge >= 0.3 is 0 Å². The fourth-order valence-electron chi connectivity index (χ4n) is 2.12. The van der Waals surface area contributed by atoms with E-state index in [0.717, 1.165) is 50.6 Å². The summed E-state index contributed by atoms with van der Waals surface area (Å²) in [7, 11) is 0. The molecule has 1 rings (SSSR count). The number of anilines is 1. The van der Waals surface area contributed by atoms with Gasteiger partial charge in [-0.1, -0.05) is 38.3 Å². The van der Waals surface area contributed by atoms with Crippen molar-refractivity contribution in [2.45, 2.75) is 58.3 Å². The van der Waals surface area contributed by atoms with Crippen molar-refractivity contribution in [1.29, 1.82) is 0 Å². The first-order valence-electron chi connectivity index (χ1n) is 7.73. The number of carbonyl (C=O) groups excluding carboxylic acids is 1. The van der Waals surface area contributed by atoms with Crippen LogP contribution in [0.4, 0.5) is 5.69 Å². The molecule has 0 saturated heterocycles. The summed E-state index contributed by atoms with van der Waals surface area (Å²) in [6, 6.07) is 8.03. The van der Waals surface area contributed by atoms with Gasteiger partial charge in [0.1, 0.15) is 0 Å². The normalized spacial score (nSPS) is 10.5. The molecule has 111 valence electrons. The van der Waals surface area contributed by atoms with Gasteiger partial charge in [0.15, 0.2) is 0 Å². The number of benzene rings is 1. The van der Waals surface area contributed by atoms with Gasteiger partial charge in [-0.2, -0.15) is 0 Å². The Labute approximate surface area is 122 Å². The number of aryl methyl sites for hydroxylation is 1. The Morgan fingerprint density at radius 3 is 2.40 bits per heavy atom. The lowest BCUT2D eigenvalue weighted by Gasteiger charge is -2.06. The summed E-state index contributed by atoms with van der Waals surface area (Å²) >= 11 is 0. The fraction of sp³-hybridized carbons (Fsp3) is 0.588. The van der Waals surface area contributed by atoms with E-state index in [1.807, 2.05) is 12.1 Å². The first kappa shape index (κ1) is 16.7. The lowest BCUT2D eigenvalue weighted by Crippen LogP contribution is -2.10. The highest BCUT2D eigenvalue weighted by Gasteiger charge is 2.02. The average molecular weight is 276 g/mol. The topological polar surface area (TPSA) is 49.0 Å². The first-order chi connectivity index (χ1) is 9.76. The highest BCUT2D eigenvalue weighted by Crippen LogP contribution is 2.13. The van der Waals surface area contributed by atoms with Gasteiger partial charge in [-0.15, -0.1) is 0 Å². The van der Waals surface area contributed by atoms with Gasteiger partial charge in [0, 0.05) is 12.1 Å². The Balaban J connectivity index is 2.29. The van der Waals surface area contributed by atoms with E-state index >= 15 is 0 Å². The first-order valence-corrected chi connectivity index (χ1v) is 7.73. The van der Waals surface area contributed by atoms with Crippen molar-refractivity contribution < 1.29 is 9.90 Å². The second kappa shape index (κ2) is 10.4. The summed E-state index contributed by atoms with van der Waals surface area (Å²) in [4.78, 5) is 11.7. The van der Waals surface area contributed by atoms with Crippen molar-refractivity contribution in [3.63, 3.8) is 0 Å². The van der Waals surface area contributed by atoms with Crippen LogP contribution in [0.25, 0.3) is 0 Å². The molecule has 1 aromatic carbocycles. The molecule has 0 saturated carbocycles. The van der Waals surface area contributed by atoms with E-state index in [-0.39, 0.29) is 12.5 Å². The molecular formula is C17H26NO2. The Bertz CT molecular complexity index is 373. The number of hydrogen-bond acceptors (Lipinski definition) is 1. The molecule has 3 nitrogen and oxygen atoms in total. The van der Waals surface area contributed by atoms with Crippen molar-refractivity contribution in [1.82, 2.24) is 0 Å². The predicted molar refractivity (Wildman–Crippen MR) is 82.3 cm³/mol. The smallest absolute Gasteiger partial charge is 0.224 e. The van der Waals surface area contributed by atoms with Crippen molar-refractivity contribution in [2.75, 3.05) is 11.9 Å². The average Bonchev–Trinajstić information content (AvgIpc) is 2.46. The third kappa shape index (κ3) is 7.29. The quantitative estimate of drug-likeness (QED) is 0.635. The SMILES string of the molecule is CCCCCC(=O)Nc1ccc(CCCCC[O])cc1. The van der Waals surface area contributed by atoms with Crippen molar-refractivity contribution >= 4 is 11.6 Å². The van der Waals surface area contributed by atoms with Crippen molar-refractivity contribution in [3.8, 4) is 0 Å². The third-order valence-corrected chi connectivity index (χ3v) is 3.35. The standard InChI is InChI=1S/C17H26NO2/c1-2-3-5-9-17(20)18-16-12-10-15(11-13-16)8-6-4-7-14-19/h10-13H,2-9,14H2,1H3,(H,18,20). The summed E-state index contributed by atoms with van der Waals surface area (Å²) < 4.78 is 0. The summed E-state index contributed by atoms with van der Waals surface area (Å²) in [6.07, 6.45) is 7.63. The second-order valence-corrected chi connectivity index (χ2v) is 5.22. The molecule has 0 unspecified atom stereocenters. The molecular weight excluding hydrogens is 250 g/mol. The predicted octanol–water partition coefficient (Wildman–Crippen LogP) is 4.35. The molecule has 20 heavy (non-hydrogen) atoms. The molecule has 0 spiro atoms. The van der Waals surface area contributed by atoms with Crippen LogP contribution < -0.4 is 5.32 Å². The number of rotatable bonds is 10. The van der Waals surface area contributed by atoms with E-state index in [2.05, 4.69) is 24.4 Å². The van der Waals surface area contributed by atoms with Crippen LogP contribution in [0.1, 0.15) is 57.4 Å². The lowest BCUT2D eigenvalue weighted by atomic mass is 10.1. The molecule has 3 heteroatoms. The molecule has 0 bridgehead atoms. The maximum absolute atomic E-state index is 11.7. The van der Waals surface area contributed by atoms with Gasteiger partial charge in [0.2, 0.25) is 5.91 Å². The maximum Gasteiger partial charge on any atom is 0.224 e. The number of nitrogens with one attached hydrogen (secondary N) is 1. The Kier molecular flexibility index (Phi) is 8.72. The molecule has 1 N–H and O–H groups in total. The van der Waals surface area contributed by atoms with Gasteiger partial charge in [-0.25, -0.2) is 5.11 Å². The van der Waals surface area contributed by atoms with Crippen LogP contribution in [0.5, 0.6) is 0 Å². The van der Waals surface area contributed by atoms with E-state index < -0.39 is 0 Å². The maximum atomic E-state index is 11.7. The van der Waals surface area contributed by atoms with E-state index in [0.29, 0.717) is 6.42 Å². The number of hydrogen-bond donors (Lipinski definition) is 1. The summed E-state index contributed by atoms with van der Waals surface area (Å²) in [5.41, 5.74) is 2.13. The van der Waals surface area contributed by atoms with Crippen LogP contribution in [-0.2, 0) is 16.3 Å². The Morgan fingerprint density at radius 2 is 1.75 bits per heavy atom. The zero-order chi connectivity index (χ0) is 14.6. The van der Waals surface area contributed by atoms with Crippen molar-refractivity contribution in [3.05, 3.63) is 29.8 Å². The summed E-state index contributed by atoms with van der Waals surface area (Å²) in [5.74, 6) is 0.0987. The molecule has 1 aromatic rings. The minimum absolute atomic E-state index is 0.0308. The monoisotopic (exact) mass is 276 g/mol. The lowest BCUT2D eigenvalue weighted by molar-refractivity contribution is -0.116. The zero-order valence-electron chi connectivity index (χ0n) is 12.5. The second-order valence-electron chi connectivity index (χ2n) is 5.22. The zero-order valence-corrected chi connectivity index (χ0v) is 12.5. The largest absolute Gasteiger partial charge is 0.326 e. The molecule has 0 aromatic heterocycles. The molecule has 0 aliphatic heterocycles. The van der Waals surface area contributed by atoms with Crippen LogP contribution in [0.2, 0.25) is 0 Å². The minimum atomic E-state index is 0.0308. The van der Waals surface area contributed by atoms with Crippen LogP contribution in [0.3, 0.4) is 0 Å². The van der Waals surface area contributed by atoms with Gasteiger partial charge < -0.3 is 5.32 Å². The fourth-order valence-corrected chi connectivity index (χ4v) is 2.12. The molecule has 1 radical (unpaired) electrons. The summed E-state index contributed by atoms with van der Waals surface area (Å²) in [6.45, 7) is 2.16. The van der Waals surface area contributed by atoms with E-state index in [4.69, 9.17) is 0 Å². The highest BCUT2D eigenvalue weighted by molar-refractivity contribution is 5.90. The van der Waals surface area contributed by atoms with Crippen LogP contribution in [-0.4, -0.2) is 12.5 Å². The Hall–Kier alpha value is -1.35. The number of unbranched alkanes of at least 4 members (excludes halogenated alkanes) is 4. The van der Waals surface area contributed by atoms with Crippen molar-refractivity contribution in [2.24, 2.45) is 0 Å². The molecule has 0 heterocycles. The van der Waals surface area contributed by atoms with Gasteiger partial charge in [0.05, 0.1) is 6.61 Å². The molecule has 1 amide bonds. The van der Waals surface area contributed by atoms with Gasteiger partial charge in [-0.3, -0.25) is 4.79 Å². The van der Waals surface area contributed by atoms with Crippen LogP contribution in [0.15, 0.2) is 24.3 Å². The molecule has 0 atom stereocenters. The number of carbonyl (C=O) groups is 1. The van der Waals surface area contributed by atoms with Gasteiger partial charge in [0.25, 0.3) is 0 Å².